The molecule has 0 spiro atoms. The third-order valence-electron chi connectivity index (χ3n) is 6.27. The number of carbonyl (C=O) groups excluding carboxylic acids is 1. The first-order chi connectivity index (χ1) is 11.1. The molecule has 0 aromatic rings. The van der Waals surface area contributed by atoms with Crippen molar-refractivity contribution in [1.82, 2.24) is 0 Å². The highest BCUT2D eigenvalue weighted by Gasteiger charge is 2.54. The van der Waals surface area contributed by atoms with Crippen molar-refractivity contribution in [3.8, 4) is 0 Å². The quantitative estimate of drug-likeness (QED) is 0.595. The van der Waals surface area contributed by atoms with E-state index < -0.39 is 24.2 Å². The van der Waals surface area contributed by atoms with Gasteiger partial charge in [-0.05, 0) is 49.5 Å². The SMILES string of the molecule is C=C1CC[C@@H]2C[C@@H](O)C3=C(C(=O)[C@@H](/C(C)=C/[C@@H](O)C1)[C@H]3O)C2(C)C. The molecule has 0 fully saturated rings. The van der Waals surface area contributed by atoms with E-state index in [2.05, 4.69) is 6.58 Å². The van der Waals surface area contributed by atoms with E-state index in [4.69, 9.17) is 0 Å². The number of hydrogen-bond acceptors (Lipinski definition) is 4. The van der Waals surface area contributed by atoms with Gasteiger partial charge in [0.1, 0.15) is 0 Å². The zero-order valence-corrected chi connectivity index (χ0v) is 14.7. The molecule has 0 aliphatic heterocycles. The van der Waals surface area contributed by atoms with Crippen LogP contribution in [0.1, 0.15) is 46.5 Å². The molecular formula is C20H28O4. The highest BCUT2D eigenvalue weighted by atomic mass is 16.3. The van der Waals surface area contributed by atoms with Crippen LogP contribution >= 0.6 is 0 Å². The van der Waals surface area contributed by atoms with Crippen molar-refractivity contribution >= 4 is 5.78 Å². The monoisotopic (exact) mass is 332 g/mol. The van der Waals surface area contributed by atoms with Crippen LogP contribution in [0.2, 0.25) is 0 Å². The fourth-order valence-electron chi connectivity index (χ4n) is 4.89. The number of aliphatic hydroxyl groups excluding tert-OH is 3. The summed E-state index contributed by atoms with van der Waals surface area (Å²) in [7, 11) is 0. The highest BCUT2D eigenvalue weighted by Crippen LogP contribution is 2.53. The summed E-state index contributed by atoms with van der Waals surface area (Å²) in [5.41, 5.74) is 2.39. The Hall–Kier alpha value is -1.23. The number of aliphatic hydroxyl groups is 3. The van der Waals surface area contributed by atoms with Gasteiger partial charge in [-0.3, -0.25) is 4.79 Å². The van der Waals surface area contributed by atoms with Gasteiger partial charge in [0.05, 0.1) is 24.2 Å². The van der Waals surface area contributed by atoms with Gasteiger partial charge in [0.15, 0.2) is 5.78 Å². The Balaban J connectivity index is 2.14. The number of rotatable bonds is 0. The minimum Gasteiger partial charge on any atom is -0.389 e. The molecule has 0 saturated heterocycles. The van der Waals surface area contributed by atoms with Gasteiger partial charge in [-0.1, -0.05) is 37.6 Å². The molecule has 0 aromatic heterocycles. The first-order valence-electron chi connectivity index (χ1n) is 8.82. The van der Waals surface area contributed by atoms with E-state index in [9.17, 15) is 20.1 Å². The highest BCUT2D eigenvalue weighted by molar-refractivity contribution is 6.04. The van der Waals surface area contributed by atoms with Crippen LogP contribution in [0.4, 0.5) is 0 Å². The lowest BCUT2D eigenvalue weighted by Crippen LogP contribution is -2.38. The second kappa shape index (κ2) is 5.94. The lowest BCUT2D eigenvalue weighted by molar-refractivity contribution is -0.120. The van der Waals surface area contributed by atoms with Crippen molar-refractivity contribution in [2.75, 3.05) is 0 Å². The number of fused-ring (bicyclic) bond motifs is 2. The second-order valence-electron chi connectivity index (χ2n) is 8.26. The molecule has 4 nitrogen and oxygen atoms in total. The molecule has 3 aliphatic carbocycles. The maximum absolute atomic E-state index is 13.1. The fourth-order valence-corrected chi connectivity index (χ4v) is 4.89. The maximum Gasteiger partial charge on any atom is 0.169 e. The minimum absolute atomic E-state index is 0.0911. The number of allylic oxidation sites excluding steroid dienone is 1. The van der Waals surface area contributed by atoms with Gasteiger partial charge < -0.3 is 15.3 Å². The van der Waals surface area contributed by atoms with Crippen LogP contribution in [-0.4, -0.2) is 39.4 Å². The van der Waals surface area contributed by atoms with Gasteiger partial charge in [-0.2, -0.15) is 0 Å². The van der Waals surface area contributed by atoms with Crippen LogP contribution in [0.3, 0.4) is 0 Å². The standard InChI is InChI=1S/C20H28O4/c1-10-5-6-12-9-14(22)16-17(20(12,3)4)19(24)15(18(16)23)11(2)8-13(21)7-10/h8,12-15,18,21-23H,1,5-7,9H2,2-4H3/b11-8+/t12-,13+,14-,15+,18-/m1/s1. The molecule has 0 unspecified atom stereocenters. The molecule has 3 aliphatic rings. The molecule has 0 heterocycles. The van der Waals surface area contributed by atoms with E-state index in [-0.39, 0.29) is 17.1 Å². The molecule has 0 radical (unpaired) electrons. The first kappa shape index (κ1) is 17.6. The summed E-state index contributed by atoms with van der Waals surface area (Å²) in [6.07, 6.45) is 1.83. The minimum atomic E-state index is -0.991. The maximum atomic E-state index is 13.1. The van der Waals surface area contributed by atoms with Gasteiger partial charge in [0.2, 0.25) is 0 Å². The van der Waals surface area contributed by atoms with Crippen LogP contribution in [0.15, 0.2) is 34.9 Å². The Bertz CT molecular complexity index is 640. The Kier molecular flexibility index (Phi) is 4.35. The molecule has 3 bridgehead atoms. The molecule has 4 heteroatoms. The molecule has 24 heavy (non-hydrogen) atoms. The summed E-state index contributed by atoms with van der Waals surface area (Å²) in [4.78, 5) is 13.1. The number of carbonyl (C=O) groups is 1. The lowest BCUT2D eigenvalue weighted by Gasteiger charge is -2.42. The van der Waals surface area contributed by atoms with E-state index in [1.807, 2.05) is 13.8 Å². The lowest BCUT2D eigenvalue weighted by atomic mass is 9.63. The fraction of sp³-hybridized carbons (Fsp3) is 0.650. The van der Waals surface area contributed by atoms with Gasteiger partial charge in [-0.15, -0.1) is 0 Å². The predicted octanol–water partition coefficient (Wildman–Crippen LogP) is 2.30. The first-order valence-corrected chi connectivity index (χ1v) is 8.82. The van der Waals surface area contributed by atoms with E-state index in [1.54, 1.807) is 13.0 Å². The Morgan fingerprint density at radius 2 is 1.92 bits per heavy atom. The van der Waals surface area contributed by atoms with E-state index in [0.29, 0.717) is 29.6 Å². The average molecular weight is 332 g/mol. The molecule has 132 valence electrons. The van der Waals surface area contributed by atoms with Crippen LogP contribution in [0, 0.1) is 17.3 Å². The number of ketones is 1. The largest absolute Gasteiger partial charge is 0.389 e. The molecule has 0 saturated carbocycles. The van der Waals surface area contributed by atoms with Crippen molar-refractivity contribution in [2.24, 2.45) is 17.3 Å². The van der Waals surface area contributed by atoms with Crippen LogP contribution in [0.25, 0.3) is 0 Å². The summed E-state index contributed by atoms with van der Waals surface area (Å²) in [6, 6.07) is 0. The van der Waals surface area contributed by atoms with Crippen molar-refractivity contribution in [3.63, 3.8) is 0 Å². The predicted molar refractivity (Wildman–Crippen MR) is 92.2 cm³/mol. The van der Waals surface area contributed by atoms with Gasteiger partial charge in [0, 0.05) is 5.57 Å². The van der Waals surface area contributed by atoms with E-state index in [1.165, 1.54) is 0 Å². The van der Waals surface area contributed by atoms with Gasteiger partial charge in [-0.25, -0.2) is 0 Å². The summed E-state index contributed by atoms with van der Waals surface area (Å²) >= 11 is 0. The van der Waals surface area contributed by atoms with Crippen LogP contribution in [-0.2, 0) is 4.79 Å². The van der Waals surface area contributed by atoms with Crippen molar-refractivity contribution in [1.29, 1.82) is 0 Å². The third-order valence-corrected chi connectivity index (χ3v) is 6.27. The molecule has 3 N–H and O–H groups in total. The molecule has 0 aromatic carbocycles. The van der Waals surface area contributed by atoms with E-state index >= 15 is 0 Å². The van der Waals surface area contributed by atoms with Crippen molar-refractivity contribution in [2.45, 2.75) is 64.8 Å². The second-order valence-corrected chi connectivity index (χ2v) is 8.26. The Morgan fingerprint density at radius 3 is 2.58 bits per heavy atom. The van der Waals surface area contributed by atoms with Gasteiger partial charge >= 0.3 is 0 Å². The summed E-state index contributed by atoms with van der Waals surface area (Å²) in [6.45, 7) is 9.95. The zero-order valence-electron chi connectivity index (χ0n) is 14.7. The molecule has 5 atom stereocenters. The van der Waals surface area contributed by atoms with Crippen molar-refractivity contribution in [3.05, 3.63) is 34.9 Å². The Morgan fingerprint density at radius 1 is 1.25 bits per heavy atom. The van der Waals surface area contributed by atoms with Crippen LogP contribution in [0.5, 0.6) is 0 Å². The Labute approximate surface area is 143 Å². The number of hydrogen-bond donors (Lipinski definition) is 3. The summed E-state index contributed by atoms with van der Waals surface area (Å²) in [5, 5.41) is 31.6. The number of Topliss-reactive ketones (excluding diaryl/α,β-unsaturated/α-hetero) is 1. The molecule has 3 rings (SSSR count). The average Bonchev–Trinajstić information content (AvgIpc) is 2.73. The van der Waals surface area contributed by atoms with Crippen molar-refractivity contribution < 1.29 is 20.1 Å². The van der Waals surface area contributed by atoms with Gasteiger partial charge in [0.25, 0.3) is 0 Å². The molecule has 0 amide bonds. The topological polar surface area (TPSA) is 77.8 Å². The summed E-state index contributed by atoms with van der Waals surface area (Å²) < 4.78 is 0. The van der Waals surface area contributed by atoms with Crippen LogP contribution < -0.4 is 0 Å². The zero-order chi connectivity index (χ0) is 17.8. The third kappa shape index (κ3) is 2.61. The van der Waals surface area contributed by atoms with E-state index in [0.717, 1.165) is 18.4 Å². The smallest absolute Gasteiger partial charge is 0.169 e. The normalized spacial score (nSPS) is 41.8. The summed E-state index contributed by atoms with van der Waals surface area (Å²) in [5.74, 6) is -0.629. The molecular weight excluding hydrogens is 304 g/mol.